The van der Waals surface area contributed by atoms with Crippen LogP contribution in [-0.4, -0.2) is 22.5 Å². The molecule has 1 atom stereocenters. The van der Waals surface area contributed by atoms with E-state index in [-0.39, 0.29) is 17.7 Å². The average molecular weight is 469 g/mol. The van der Waals surface area contributed by atoms with Gasteiger partial charge >= 0.3 is 5.97 Å². The van der Waals surface area contributed by atoms with Gasteiger partial charge in [-0.3, -0.25) is 9.59 Å². The van der Waals surface area contributed by atoms with Crippen molar-refractivity contribution in [3.8, 4) is 11.1 Å². The van der Waals surface area contributed by atoms with Crippen molar-refractivity contribution in [1.82, 2.24) is 4.57 Å². The molecule has 0 bridgehead atoms. The second kappa shape index (κ2) is 9.97. The first kappa shape index (κ1) is 24.0. The highest BCUT2D eigenvalue weighted by Crippen LogP contribution is 2.31. The quantitative estimate of drug-likeness (QED) is 0.385. The SMILES string of the molecule is CCC(OC(=O)c1c(-c2ccc(C)cc2)c2ccccc2c(=O)n1C)C(=O)Nc1ccccc1C. The number of amides is 1. The van der Waals surface area contributed by atoms with Crippen molar-refractivity contribution in [2.45, 2.75) is 33.3 Å². The number of rotatable bonds is 6. The molecule has 0 aliphatic rings. The zero-order chi connectivity index (χ0) is 25.1. The van der Waals surface area contributed by atoms with Crippen LogP contribution in [-0.2, 0) is 16.6 Å². The fourth-order valence-corrected chi connectivity index (χ4v) is 4.15. The number of aryl methyl sites for hydroxylation is 2. The number of anilines is 1. The molecule has 1 amide bonds. The van der Waals surface area contributed by atoms with Crippen LogP contribution in [0, 0.1) is 13.8 Å². The Labute approximate surface area is 204 Å². The maximum atomic E-state index is 13.6. The molecule has 1 heterocycles. The number of nitrogens with one attached hydrogen (secondary N) is 1. The normalized spacial score (nSPS) is 11.8. The average Bonchev–Trinajstić information content (AvgIpc) is 2.86. The van der Waals surface area contributed by atoms with Gasteiger partial charge in [0.2, 0.25) is 0 Å². The zero-order valence-corrected chi connectivity index (χ0v) is 20.3. The molecule has 0 saturated carbocycles. The Morgan fingerprint density at radius 2 is 1.54 bits per heavy atom. The fourth-order valence-electron chi connectivity index (χ4n) is 4.15. The summed E-state index contributed by atoms with van der Waals surface area (Å²) in [5.74, 6) is -1.14. The molecule has 6 heteroatoms. The number of fused-ring (bicyclic) bond motifs is 1. The molecule has 0 aliphatic heterocycles. The van der Waals surface area contributed by atoms with Gasteiger partial charge in [0.15, 0.2) is 6.10 Å². The molecule has 0 radical (unpaired) electrons. The Bertz CT molecular complexity index is 1470. The van der Waals surface area contributed by atoms with E-state index >= 15 is 0 Å². The van der Waals surface area contributed by atoms with Crippen LogP contribution < -0.4 is 10.9 Å². The lowest BCUT2D eigenvalue weighted by Gasteiger charge is -2.20. The number of benzene rings is 3. The van der Waals surface area contributed by atoms with Gasteiger partial charge in [-0.15, -0.1) is 0 Å². The van der Waals surface area contributed by atoms with Gasteiger partial charge in [0.05, 0.1) is 0 Å². The summed E-state index contributed by atoms with van der Waals surface area (Å²) >= 11 is 0. The molecule has 4 rings (SSSR count). The van der Waals surface area contributed by atoms with Crippen molar-refractivity contribution in [1.29, 1.82) is 0 Å². The Balaban J connectivity index is 1.77. The summed E-state index contributed by atoms with van der Waals surface area (Å²) in [6.45, 7) is 5.65. The van der Waals surface area contributed by atoms with E-state index in [1.165, 1.54) is 4.57 Å². The van der Waals surface area contributed by atoms with Crippen LogP contribution in [0.15, 0.2) is 77.6 Å². The predicted molar refractivity (Wildman–Crippen MR) is 139 cm³/mol. The number of carbonyl (C=O) groups is 2. The molecule has 0 fully saturated rings. The lowest BCUT2D eigenvalue weighted by atomic mass is 9.96. The number of esters is 1. The number of pyridine rings is 1. The molecule has 6 nitrogen and oxygen atoms in total. The first-order valence-electron chi connectivity index (χ1n) is 11.6. The summed E-state index contributed by atoms with van der Waals surface area (Å²) in [4.78, 5) is 39.7. The molecule has 3 aromatic carbocycles. The fraction of sp³-hybridized carbons (Fsp3) is 0.207. The number of carbonyl (C=O) groups excluding carboxylic acids is 2. The van der Waals surface area contributed by atoms with Crippen LogP contribution in [0.2, 0.25) is 0 Å². The number of hydrogen-bond donors (Lipinski definition) is 1. The van der Waals surface area contributed by atoms with E-state index in [0.29, 0.717) is 22.0 Å². The molecular weight excluding hydrogens is 440 g/mol. The van der Waals surface area contributed by atoms with E-state index in [0.717, 1.165) is 16.7 Å². The number of ether oxygens (including phenoxy) is 1. The topological polar surface area (TPSA) is 77.4 Å². The Morgan fingerprint density at radius 1 is 0.914 bits per heavy atom. The molecule has 0 spiro atoms. The Kier molecular flexibility index (Phi) is 6.82. The van der Waals surface area contributed by atoms with Crippen LogP contribution in [0.5, 0.6) is 0 Å². The number of para-hydroxylation sites is 1. The van der Waals surface area contributed by atoms with Crippen molar-refractivity contribution < 1.29 is 14.3 Å². The van der Waals surface area contributed by atoms with Crippen LogP contribution in [0.3, 0.4) is 0 Å². The van der Waals surface area contributed by atoms with Crippen molar-refractivity contribution in [3.63, 3.8) is 0 Å². The van der Waals surface area contributed by atoms with Crippen molar-refractivity contribution in [3.05, 3.63) is 100.0 Å². The second-order valence-corrected chi connectivity index (χ2v) is 8.61. The minimum absolute atomic E-state index is 0.111. The maximum absolute atomic E-state index is 13.6. The highest BCUT2D eigenvalue weighted by molar-refractivity contribution is 6.07. The molecule has 1 unspecified atom stereocenters. The highest BCUT2D eigenvalue weighted by atomic mass is 16.5. The monoisotopic (exact) mass is 468 g/mol. The second-order valence-electron chi connectivity index (χ2n) is 8.61. The molecule has 178 valence electrons. The summed E-state index contributed by atoms with van der Waals surface area (Å²) < 4.78 is 7.03. The molecule has 1 N–H and O–H groups in total. The first-order chi connectivity index (χ1) is 16.8. The molecule has 0 aliphatic carbocycles. The van der Waals surface area contributed by atoms with Crippen molar-refractivity contribution in [2.24, 2.45) is 7.05 Å². The minimum Gasteiger partial charge on any atom is -0.448 e. The van der Waals surface area contributed by atoms with Crippen LogP contribution in [0.1, 0.15) is 35.0 Å². The van der Waals surface area contributed by atoms with Crippen LogP contribution >= 0.6 is 0 Å². The lowest BCUT2D eigenvalue weighted by Crippen LogP contribution is -2.34. The van der Waals surface area contributed by atoms with Gasteiger partial charge in [-0.2, -0.15) is 0 Å². The number of aromatic nitrogens is 1. The molecule has 35 heavy (non-hydrogen) atoms. The predicted octanol–water partition coefficient (Wildman–Crippen LogP) is 5.40. The van der Waals surface area contributed by atoms with Crippen LogP contribution in [0.25, 0.3) is 21.9 Å². The molecular formula is C29H28N2O4. The van der Waals surface area contributed by atoms with Gasteiger partial charge in [0, 0.05) is 23.7 Å². The van der Waals surface area contributed by atoms with Gasteiger partial charge in [-0.25, -0.2) is 4.79 Å². The van der Waals surface area contributed by atoms with Gasteiger partial charge in [-0.05, 0) is 48.9 Å². The van der Waals surface area contributed by atoms with Crippen molar-refractivity contribution >= 4 is 28.3 Å². The molecule has 4 aromatic rings. The summed E-state index contributed by atoms with van der Waals surface area (Å²) in [5.41, 5.74) is 3.83. The largest absolute Gasteiger partial charge is 0.448 e. The molecule has 1 aromatic heterocycles. The third-order valence-corrected chi connectivity index (χ3v) is 6.15. The standard InChI is InChI=1S/C29H28N2O4/c1-5-24(27(32)30-23-13-9-6-10-19(23)3)35-29(34)26-25(20-16-14-18(2)15-17-20)21-11-7-8-12-22(21)28(33)31(26)4/h6-17,24H,5H2,1-4H3,(H,30,32). The number of hydrogen-bond acceptors (Lipinski definition) is 4. The highest BCUT2D eigenvalue weighted by Gasteiger charge is 2.28. The maximum Gasteiger partial charge on any atom is 0.356 e. The summed E-state index contributed by atoms with van der Waals surface area (Å²) in [7, 11) is 1.55. The Morgan fingerprint density at radius 3 is 2.20 bits per heavy atom. The van der Waals surface area contributed by atoms with E-state index in [4.69, 9.17) is 4.74 Å². The molecule has 0 saturated heterocycles. The third-order valence-electron chi connectivity index (χ3n) is 6.15. The van der Waals surface area contributed by atoms with E-state index in [1.54, 1.807) is 32.2 Å². The lowest BCUT2D eigenvalue weighted by molar-refractivity contribution is -0.124. The van der Waals surface area contributed by atoms with Gasteiger partial charge in [-0.1, -0.05) is 73.2 Å². The van der Waals surface area contributed by atoms with E-state index in [1.807, 2.05) is 68.4 Å². The van der Waals surface area contributed by atoms with Crippen LogP contribution in [0.4, 0.5) is 5.69 Å². The Hall–Kier alpha value is -4.19. The van der Waals surface area contributed by atoms with E-state index < -0.39 is 18.0 Å². The number of nitrogens with zero attached hydrogens (tertiary/aromatic N) is 1. The third kappa shape index (κ3) is 4.73. The smallest absolute Gasteiger partial charge is 0.356 e. The zero-order valence-electron chi connectivity index (χ0n) is 20.3. The van der Waals surface area contributed by atoms with Crippen molar-refractivity contribution in [2.75, 3.05) is 5.32 Å². The summed E-state index contributed by atoms with van der Waals surface area (Å²) in [5, 5.41) is 4.00. The van der Waals surface area contributed by atoms with E-state index in [9.17, 15) is 14.4 Å². The van der Waals surface area contributed by atoms with Gasteiger partial charge in [0.25, 0.3) is 11.5 Å². The first-order valence-corrected chi connectivity index (χ1v) is 11.6. The summed E-state index contributed by atoms with van der Waals surface area (Å²) in [6.07, 6.45) is -0.736. The summed E-state index contributed by atoms with van der Waals surface area (Å²) in [6, 6.07) is 22.3. The van der Waals surface area contributed by atoms with Gasteiger partial charge in [0.1, 0.15) is 5.69 Å². The minimum atomic E-state index is -1.02. The van der Waals surface area contributed by atoms with Gasteiger partial charge < -0.3 is 14.6 Å². The van der Waals surface area contributed by atoms with E-state index in [2.05, 4.69) is 5.32 Å².